The highest BCUT2D eigenvalue weighted by Gasteiger charge is 2.31. The van der Waals surface area contributed by atoms with Crippen molar-refractivity contribution in [2.45, 2.75) is 83.5 Å². The molecule has 12 nitrogen and oxygen atoms in total. The molecule has 0 unspecified atom stereocenters. The number of hydrogen-bond donors (Lipinski definition) is 2. The monoisotopic (exact) mass is 801 g/mol. The third-order valence-electron chi connectivity index (χ3n) is 9.99. The molecule has 2 aromatic carbocycles. The van der Waals surface area contributed by atoms with E-state index in [4.69, 9.17) is 4.74 Å². The third kappa shape index (κ3) is 13.8. The summed E-state index contributed by atoms with van der Waals surface area (Å²) in [6.45, 7) is 7.23. The summed E-state index contributed by atoms with van der Waals surface area (Å²) in [5, 5.41) is 8.96. The Morgan fingerprint density at radius 1 is 0.875 bits per heavy atom. The molecular formula is C42H55N7O5S2. The molecule has 4 aromatic rings. The molecule has 2 aromatic heterocycles. The van der Waals surface area contributed by atoms with Crippen molar-refractivity contribution in [3.05, 3.63) is 104 Å². The van der Waals surface area contributed by atoms with Crippen molar-refractivity contribution in [2.24, 2.45) is 5.92 Å². The Bertz CT molecular complexity index is 1810. The largest absolute Gasteiger partial charge is 0.444 e. The lowest BCUT2D eigenvalue weighted by Crippen LogP contribution is -2.52. The van der Waals surface area contributed by atoms with Gasteiger partial charge < -0.3 is 30.1 Å². The van der Waals surface area contributed by atoms with Gasteiger partial charge in [0, 0.05) is 63.2 Å². The number of benzene rings is 2. The minimum absolute atomic E-state index is 0.113. The molecule has 14 heteroatoms. The lowest BCUT2D eigenvalue weighted by Gasteiger charge is -2.33. The fourth-order valence-corrected chi connectivity index (χ4v) is 8.04. The number of ether oxygens (including phenoxy) is 1. The van der Waals surface area contributed by atoms with Crippen molar-refractivity contribution < 1.29 is 23.9 Å². The summed E-state index contributed by atoms with van der Waals surface area (Å²) < 4.78 is 5.53. The van der Waals surface area contributed by atoms with E-state index in [1.54, 1.807) is 35.0 Å². The van der Waals surface area contributed by atoms with Gasteiger partial charge in [-0.3, -0.25) is 14.6 Å². The minimum atomic E-state index is -1.00. The second-order valence-corrected chi connectivity index (χ2v) is 16.8. The molecule has 5 rings (SSSR count). The van der Waals surface area contributed by atoms with E-state index in [1.807, 2.05) is 73.1 Å². The van der Waals surface area contributed by atoms with E-state index >= 15 is 0 Å². The molecule has 3 atom stereocenters. The van der Waals surface area contributed by atoms with E-state index in [-0.39, 0.29) is 55.6 Å². The van der Waals surface area contributed by atoms with Crippen molar-refractivity contribution in [1.82, 2.24) is 35.3 Å². The number of Topliss-reactive ketones (excluding diaryl/α,β-unsaturated/α-hetero) is 1. The number of aromatic nitrogens is 2. The maximum absolute atomic E-state index is 14.4. The molecule has 1 fully saturated rings. The summed E-state index contributed by atoms with van der Waals surface area (Å²) in [5.41, 5.74) is 4.63. The lowest BCUT2D eigenvalue weighted by atomic mass is 9.86. The number of piperazine rings is 1. The fraction of sp³-hybridized carbons (Fsp3) is 0.476. The number of rotatable bonds is 19. The Morgan fingerprint density at radius 2 is 1.55 bits per heavy atom. The predicted molar refractivity (Wildman–Crippen MR) is 221 cm³/mol. The van der Waals surface area contributed by atoms with Gasteiger partial charge in [-0.2, -0.15) is 0 Å². The van der Waals surface area contributed by atoms with Crippen molar-refractivity contribution in [3.63, 3.8) is 0 Å². The van der Waals surface area contributed by atoms with E-state index in [9.17, 15) is 19.2 Å². The number of thiazole rings is 2. The Morgan fingerprint density at radius 3 is 2.18 bits per heavy atom. The molecule has 1 aliphatic rings. The van der Waals surface area contributed by atoms with Crippen LogP contribution in [0.25, 0.3) is 0 Å². The van der Waals surface area contributed by atoms with Crippen LogP contribution in [-0.2, 0) is 40.3 Å². The van der Waals surface area contributed by atoms with Gasteiger partial charge in [0.15, 0.2) is 5.78 Å². The molecule has 56 heavy (non-hydrogen) atoms. The number of hydrogen-bond acceptors (Lipinski definition) is 10. The average Bonchev–Trinajstić information content (AvgIpc) is 3.90. The quantitative estimate of drug-likeness (QED) is 0.109. The number of carbonyl (C=O) groups excluding carboxylic acids is 4. The Balaban J connectivity index is 1.31. The first-order chi connectivity index (χ1) is 27.0. The normalized spacial score (nSPS) is 14.8. The van der Waals surface area contributed by atoms with E-state index < -0.39 is 18.2 Å². The molecular weight excluding hydrogens is 747 g/mol. The molecule has 0 bridgehead atoms. The zero-order valence-corrected chi connectivity index (χ0v) is 34.5. The summed E-state index contributed by atoms with van der Waals surface area (Å²) >= 11 is 2.99. The van der Waals surface area contributed by atoms with Crippen LogP contribution in [0.1, 0.15) is 72.2 Å². The van der Waals surface area contributed by atoms with Crippen LogP contribution in [-0.4, -0.2) is 101 Å². The van der Waals surface area contributed by atoms with E-state index in [2.05, 4.69) is 39.3 Å². The number of nitrogens with zero attached hydrogens (tertiary/aromatic N) is 5. The molecule has 300 valence electrons. The molecule has 3 heterocycles. The minimum Gasteiger partial charge on any atom is -0.444 e. The van der Waals surface area contributed by atoms with Gasteiger partial charge in [0.05, 0.1) is 40.1 Å². The Labute approximate surface area is 338 Å². The number of amides is 4. The summed E-state index contributed by atoms with van der Waals surface area (Å²) in [6.07, 6.45) is 3.61. The van der Waals surface area contributed by atoms with Crippen LogP contribution >= 0.6 is 22.7 Å². The second-order valence-electron chi connectivity index (χ2n) is 15.0. The van der Waals surface area contributed by atoms with E-state index in [0.29, 0.717) is 38.8 Å². The highest BCUT2D eigenvalue weighted by Crippen LogP contribution is 2.23. The smallest absolute Gasteiger partial charge is 0.407 e. The highest BCUT2D eigenvalue weighted by atomic mass is 32.1. The van der Waals surface area contributed by atoms with Crippen molar-refractivity contribution in [3.8, 4) is 0 Å². The maximum Gasteiger partial charge on any atom is 0.407 e. The van der Waals surface area contributed by atoms with Gasteiger partial charge in [0.1, 0.15) is 6.61 Å². The van der Waals surface area contributed by atoms with E-state index in [0.717, 1.165) is 39.8 Å². The molecule has 4 amide bonds. The van der Waals surface area contributed by atoms with Gasteiger partial charge in [-0.15, -0.1) is 22.7 Å². The zero-order valence-electron chi connectivity index (χ0n) is 32.9. The highest BCUT2D eigenvalue weighted by molar-refractivity contribution is 7.09. The first kappa shape index (κ1) is 42.5. The molecule has 1 saturated heterocycles. The molecule has 1 aliphatic heterocycles. The Kier molecular flexibility index (Phi) is 16.4. The van der Waals surface area contributed by atoms with E-state index in [1.165, 1.54) is 16.2 Å². The number of urea groups is 1. The molecule has 0 spiro atoms. The molecule has 0 radical (unpaired) electrons. The van der Waals surface area contributed by atoms with Crippen LogP contribution in [0.15, 0.2) is 77.8 Å². The third-order valence-corrected chi connectivity index (χ3v) is 11.9. The number of carbonyl (C=O) groups is 4. The van der Waals surface area contributed by atoms with Crippen LogP contribution in [0.3, 0.4) is 0 Å². The topological polar surface area (TPSA) is 137 Å². The standard InChI is InChI=1S/C42H55N7O5S2/c1-30(2)40-44-35(28-55-40)26-48(4)41(52)46-37(24-39(51)49-19-17-47(3)18-20-49)38(50)23-33(21-31-11-7-5-8-12-31)15-16-34(22-32-13-9-6-10-14-32)45-42(53)54-27-36-25-43-29-56-36/h5-14,25,28-30,33-34,37H,15-24,26-27H2,1-4H3,(H,45,53)(H,46,52)/t33-,34-,37+/m1/s1. The first-order valence-corrected chi connectivity index (χ1v) is 21.1. The van der Waals surface area contributed by atoms with Crippen LogP contribution in [0.4, 0.5) is 9.59 Å². The van der Waals surface area contributed by atoms with Crippen LogP contribution < -0.4 is 10.6 Å². The van der Waals surface area contributed by atoms with Gasteiger partial charge in [0.2, 0.25) is 5.91 Å². The maximum atomic E-state index is 14.4. The van der Waals surface area contributed by atoms with Gasteiger partial charge >= 0.3 is 12.1 Å². The SMILES string of the molecule is CC(C)c1nc(CN(C)C(=O)N[C@@H](CC(=O)N2CCN(C)CC2)C(=O)C[C@H](CC[C@H](Cc2ccccc2)NC(=O)OCc2cncs2)Cc2ccccc2)cs1. The second kappa shape index (κ2) is 21.6. The fourth-order valence-electron chi connectivity index (χ4n) is 6.71. The van der Waals surface area contributed by atoms with Crippen LogP contribution in [0.5, 0.6) is 0 Å². The average molecular weight is 802 g/mol. The van der Waals surface area contributed by atoms with Crippen LogP contribution in [0.2, 0.25) is 0 Å². The number of alkyl carbamates (subject to hydrolysis) is 1. The number of likely N-dealkylation sites (N-methyl/N-ethyl adjacent to an activating group) is 1. The van der Waals surface area contributed by atoms with Gasteiger partial charge in [-0.1, -0.05) is 74.5 Å². The van der Waals surface area contributed by atoms with Gasteiger partial charge in [-0.05, 0) is 49.8 Å². The van der Waals surface area contributed by atoms with Gasteiger partial charge in [0.25, 0.3) is 0 Å². The van der Waals surface area contributed by atoms with Crippen molar-refractivity contribution >= 4 is 46.5 Å². The molecule has 2 N–H and O–H groups in total. The van der Waals surface area contributed by atoms with Crippen molar-refractivity contribution in [2.75, 3.05) is 40.3 Å². The lowest BCUT2D eigenvalue weighted by molar-refractivity contribution is -0.135. The zero-order chi connectivity index (χ0) is 39.9. The molecule has 0 saturated carbocycles. The summed E-state index contributed by atoms with van der Waals surface area (Å²) in [4.78, 5) is 69.8. The summed E-state index contributed by atoms with van der Waals surface area (Å²) in [5.74, 6) is -0.184. The number of ketones is 1. The van der Waals surface area contributed by atoms with Gasteiger partial charge in [-0.25, -0.2) is 14.6 Å². The summed E-state index contributed by atoms with van der Waals surface area (Å²) in [6, 6.07) is 18.3. The predicted octanol–water partition coefficient (Wildman–Crippen LogP) is 6.53. The summed E-state index contributed by atoms with van der Waals surface area (Å²) in [7, 11) is 3.70. The van der Waals surface area contributed by atoms with Crippen LogP contribution in [0, 0.1) is 5.92 Å². The Hall–Kier alpha value is -4.66. The molecule has 0 aliphatic carbocycles. The first-order valence-electron chi connectivity index (χ1n) is 19.4. The number of nitrogens with one attached hydrogen (secondary N) is 2. The van der Waals surface area contributed by atoms with Crippen molar-refractivity contribution in [1.29, 1.82) is 0 Å².